The molecule has 0 bridgehead atoms. The van der Waals surface area contributed by atoms with E-state index in [-0.39, 0.29) is 5.56 Å². The third kappa shape index (κ3) is 3.51. The summed E-state index contributed by atoms with van der Waals surface area (Å²) >= 11 is 12.0. The predicted molar refractivity (Wildman–Crippen MR) is 99.5 cm³/mol. The first-order valence-corrected chi connectivity index (χ1v) is 8.49. The third-order valence-corrected chi connectivity index (χ3v) is 4.77. The number of aromatic nitrogens is 2. The van der Waals surface area contributed by atoms with Crippen LogP contribution < -0.4 is 5.56 Å². The van der Waals surface area contributed by atoms with Crippen LogP contribution in [0.3, 0.4) is 0 Å². The van der Waals surface area contributed by atoms with E-state index in [1.54, 1.807) is 10.6 Å². The van der Waals surface area contributed by atoms with Crippen LogP contribution in [0, 0.1) is 0 Å². The van der Waals surface area contributed by atoms with E-state index in [1.165, 1.54) is 0 Å². The van der Waals surface area contributed by atoms with Gasteiger partial charge in [-0.1, -0.05) is 29.3 Å². The zero-order valence-corrected chi connectivity index (χ0v) is 15.2. The smallest absolute Gasteiger partial charge is 0.274 e. The van der Waals surface area contributed by atoms with Gasteiger partial charge in [0, 0.05) is 37.6 Å². The molecule has 0 saturated carbocycles. The van der Waals surface area contributed by atoms with Gasteiger partial charge in [0.25, 0.3) is 5.56 Å². The molecule has 0 atom stereocenters. The lowest BCUT2D eigenvalue weighted by Crippen LogP contribution is -2.27. The van der Waals surface area contributed by atoms with E-state index < -0.39 is 0 Å². The Balaban J connectivity index is 1.92. The lowest BCUT2D eigenvalue weighted by molar-refractivity contribution is 0.381. The summed E-state index contributed by atoms with van der Waals surface area (Å²) in [4.78, 5) is 14.7. The van der Waals surface area contributed by atoms with E-state index in [0.717, 1.165) is 17.8 Å². The molecule has 0 N–H and O–H groups in total. The lowest BCUT2D eigenvalue weighted by atomic mass is 10.1. The molecule has 0 radical (unpaired) electrons. The van der Waals surface area contributed by atoms with Crippen LogP contribution in [0.5, 0.6) is 0 Å². The van der Waals surface area contributed by atoms with E-state index in [1.807, 2.05) is 55.2 Å². The van der Waals surface area contributed by atoms with Gasteiger partial charge >= 0.3 is 0 Å². The number of hydrogen-bond acceptors (Lipinski definition) is 2. The van der Waals surface area contributed by atoms with Gasteiger partial charge in [0.2, 0.25) is 0 Å². The lowest BCUT2D eigenvalue weighted by Gasteiger charge is -2.12. The molecule has 4 nitrogen and oxygen atoms in total. The van der Waals surface area contributed by atoms with Crippen molar-refractivity contribution in [2.45, 2.75) is 13.0 Å². The van der Waals surface area contributed by atoms with Gasteiger partial charge in [-0.3, -0.25) is 4.79 Å². The van der Waals surface area contributed by atoms with Gasteiger partial charge in [0.15, 0.2) is 0 Å². The van der Waals surface area contributed by atoms with Crippen LogP contribution in [0.1, 0.15) is 11.3 Å². The molecule has 2 aromatic heterocycles. The van der Waals surface area contributed by atoms with Crippen molar-refractivity contribution in [3.63, 3.8) is 0 Å². The maximum Gasteiger partial charge on any atom is 0.274 e. The van der Waals surface area contributed by atoms with E-state index in [2.05, 4.69) is 4.90 Å². The molecule has 0 fully saturated rings. The highest BCUT2D eigenvalue weighted by Gasteiger charge is 2.09. The Labute approximate surface area is 150 Å². The zero-order chi connectivity index (χ0) is 17.3. The molecule has 2 heterocycles. The molecular formula is C18H19Cl2N3O. The number of hydrogen-bond donors (Lipinski definition) is 0. The van der Waals surface area contributed by atoms with Crippen molar-refractivity contribution in [1.29, 1.82) is 0 Å². The average Bonchev–Trinajstić information content (AvgIpc) is 2.94. The largest absolute Gasteiger partial charge is 0.314 e. The zero-order valence-electron chi connectivity index (χ0n) is 13.7. The highest BCUT2D eigenvalue weighted by atomic mass is 35.5. The molecule has 6 heteroatoms. The number of benzene rings is 1. The Morgan fingerprint density at radius 2 is 1.83 bits per heavy atom. The Morgan fingerprint density at radius 1 is 1.04 bits per heavy atom. The standard InChI is InChI=1S/C18H19Cl2N3O/c1-21(2)7-8-22-9-10-23-14(4-6-17(23)18(22)24)11-13-3-5-15(19)16(20)12-13/h3-6,9-10,12H,7-8,11H2,1-2H3. The molecule has 3 rings (SSSR count). The predicted octanol–water partition coefficient (Wildman–Crippen LogP) is 3.56. The molecule has 126 valence electrons. The first-order valence-electron chi connectivity index (χ1n) is 7.74. The topological polar surface area (TPSA) is 29.6 Å². The highest BCUT2D eigenvalue weighted by Crippen LogP contribution is 2.24. The molecule has 0 spiro atoms. The first kappa shape index (κ1) is 17.1. The molecule has 0 aliphatic carbocycles. The second kappa shape index (κ2) is 7.01. The molecule has 0 aliphatic rings. The van der Waals surface area contributed by atoms with E-state index in [9.17, 15) is 4.79 Å². The molecule has 1 aromatic carbocycles. The van der Waals surface area contributed by atoms with Gasteiger partial charge in [-0.2, -0.15) is 0 Å². The SMILES string of the molecule is CN(C)CCn1ccn2c(Cc3ccc(Cl)c(Cl)c3)ccc2c1=O. The third-order valence-electron chi connectivity index (χ3n) is 4.04. The summed E-state index contributed by atoms with van der Waals surface area (Å²) in [6.45, 7) is 1.50. The van der Waals surface area contributed by atoms with Gasteiger partial charge in [0.1, 0.15) is 5.52 Å². The van der Waals surface area contributed by atoms with Crippen molar-refractivity contribution >= 4 is 28.7 Å². The summed E-state index contributed by atoms with van der Waals surface area (Å²) in [5.41, 5.74) is 2.81. The van der Waals surface area contributed by atoms with Gasteiger partial charge in [-0.05, 0) is 43.9 Å². The van der Waals surface area contributed by atoms with Crippen LogP contribution in [-0.4, -0.2) is 34.5 Å². The van der Waals surface area contributed by atoms with E-state index in [0.29, 0.717) is 28.5 Å². The van der Waals surface area contributed by atoms with Crippen LogP contribution >= 0.6 is 23.2 Å². The summed E-state index contributed by atoms with van der Waals surface area (Å²) in [6, 6.07) is 9.47. The van der Waals surface area contributed by atoms with Gasteiger partial charge in [-0.15, -0.1) is 0 Å². The van der Waals surface area contributed by atoms with Crippen LogP contribution in [0.2, 0.25) is 10.0 Å². The molecule has 3 aromatic rings. The van der Waals surface area contributed by atoms with E-state index in [4.69, 9.17) is 23.2 Å². The molecule has 24 heavy (non-hydrogen) atoms. The molecule has 0 saturated heterocycles. The number of rotatable bonds is 5. The summed E-state index contributed by atoms with van der Waals surface area (Å²) in [5.74, 6) is 0. The second-order valence-corrected chi connectivity index (χ2v) is 6.92. The monoisotopic (exact) mass is 363 g/mol. The van der Waals surface area contributed by atoms with Crippen LogP contribution in [0.4, 0.5) is 0 Å². The molecule has 0 unspecified atom stereocenters. The Bertz CT molecular complexity index is 928. The minimum atomic E-state index is 0.0275. The quantitative estimate of drug-likeness (QED) is 0.693. The number of fused-ring (bicyclic) bond motifs is 1. The minimum Gasteiger partial charge on any atom is -0.314 e. The van der Waals surface area contributed by atoms with Crippen molar-refractivity contribution in [2.24, 2.45) is 0 Å². The maximum atomic E-state index is 12.6. The normalized spacial score (nSPS) is 11.5. The molecule has 0 aliphatic heterocycles. The average molecular weight is 364 g/mol. The number of nitrogens with zero attached hydrogens (tertiary/aromatic N) is 3. The van der Waals surface area contributed by atoms with Gasteiger partial charge in [0.05, 0.1) is 10.0 Å². The van der Waals surface area contributed by atoms with Gasteiger partial charge < -0.3 is 13.9 Å². The fourth-order valence-corrected chi connectivity index (χ4v) is 3.01. The summed E-state index contributed by atoms with van der Waals surface area (Å²) in [7, 11) is 3.99. The van der Waals surface area contributed by atoms with Crippen molar-refractivity contribution in [2.75, 3.05) is 20.6 Å². The summed E-state index contributed by atoms with van der Waals surface area (Å²) < 4.78 is 3.69. The number of likely N-dealkylation sites (N-methyl/N-ethyl adjacent to an activating group) is 1. The Hall–Kier alpha value is -1.75. The summed E-state index contributed by atoms with van der Waals surface area (Å²) in [6.07, 6.45) is 4.47. The minimum absolute atomic E-state index is 0.0275. The molecular weight excluding hydrogens is 345 g/mol. The van der Waals surface area contributed by atoms with Crippen molar-refractivity contribution in [3.05, 3.63) is 74.4 Å². The molecule has 0 amide bonds. The van der Waals surface area contributed by atoms with Crippen LogP contribution in [0.25, 0.3) is 5.52 Å². The van der Waals surface area contributed by atoms with Crippen LogP contribution in [-0.2, 0) is 13.0 Å². The highest BCUT2D eigenvalue weighted by molar-refractivity contribution is 6.42. The Morgan fingerprint density at radius 3 is 2.54 bits per heavy atom. The van der Waals surface area contributed by atoms with Crippen LogP contribution in [0.15, 0.2) is 47.5 Å². The first-order chi connectivity index (χ1) is 11.5. The Kier molecular flexibility index (Phi) is 4.99. The fraction of sp³-hybridized carbons (Fsp3) is 0.278. The van der Waals surface area contributed by atoms with Crippen molar-refractivity contribution < 1.29 is 0 Å². The fourth-order valence-electron chi connectivity index (χ4n) is 2.69. The second-order valence-electron chi connectivity index (χ2n) is 6.11. The maximum absolute atomic E-state index is 12.6. The van der Waals surface area contributed by atoms with Crippen molar-refractivity contribution in [3.8, 4) is 0 Å². The van der Waals surface area contributed by atoms with E-state index >= 15 is 0 Å². The number of halogens is 2. The van der Waals surface area contributed by atoms with Gasteiger partial charge in [-0.25, -0.2) is 0 Å². The van der Waals surface area contributed by atoms with Crippen molar-refractivity contribution in [1.82, 2.24) is 13.9 Å². The summed E-state index contributed by atoms with van der Waals surface area (Å²) in [5, 5.41) is 1.09.